The van der Waals surface area contributed by atoms with Gasteiger partial charge < -0.3 is 10.2 Å². The molecule has 0 radical (unpaired) electrons. The lowest BCUT2D eigenvalue weighted by Gasteiger charge is -2.44. The van der Waals surface area contributed by atoms with Gasteiger partial charge in [-0.3, -0.25) is 0 Å². The molecule has 0 aromatic carbocycles. The predicted molar refractivity (Wildman–Crippen MR) is 92.8 cm³/mol. The van der Waals surface area contributed by atoms with Crippen LogP contribution in [0.3, 0.4) is 0 Å². The summed E-state index contributed by atoms with van der Waals surface area (Å²) in [5.74, 6) is 2.57. The minimum absolute atomic E-state index is 0.0647. The largest absolute Gasteiger partial charge is 0.396 e. The molecule has 0 aliphatic heterocycles. The van der Waals surface area contributed by atoms with Crippen LogP contribution >= 0.6 is 0 Å². The fraction of sp³-hybridized carbons (Fsp3) is 1.00. The summed E-state index contributed by atoms with van der Waals surface area (Å²) >= 11 is 0. The summed E-state index contributed by atoms with van der Waals surface area (Å²) in [4.78, 5) is 0. The predicted octanol–water partition coefficient (Wildman–Crippen LogP) is 4.10. The zero-order chi connectivity index (χ0) is 17.0. The molecule has 4 rings (SSSR count). The van der Waals surface area contributed by atoms with Crippen LogP contribution in [0.15, 0.2) is 0 Å². The Kier molecular flexibility index (Phi) is 3.11. The van der Waals surface area contributed by atoms with E-state index in [0.717, 1.165) is 0 Å². The molecule has 4 fully saturated rings. The van der Waals surface area contributed by atoms with E-state index in [9.17, 15) is 10.2 Å². The normalized spacial score (nSPS) is 59.0. The molecule has 0 saturated heterocycles. The van der Waals surface area contributed by atoms with Gasteiger partial charge in [-0.2, -0.15) is 0 Å². The van der Waals surface area contributed by atoms with Gasteiger partial charge in [-0.1, -0.05) is 41.5 Å². The van der Waals surface area contributed by atoms with Crippen LogP contribution in [-0.2, 0) is 0 Å². The third-order valence-electron chi connectivity index (χ3n) is 10.6. The average Bonchev–Trinajstić information content (AvgIpc) is 2.95. The van der Waals surface area contributed by atoms with Crippen molar-refractivity contribution in [2.45, 2.75) is 73.3 Å². The Bertz CT molecular complexity index is 524. The van der Waals surface area contributed by atoms with E-state index in [0.29, 0.717) is 36.2 Å². The van der Waals surface area contributed by atoms with Gasteiger partial charge in [0.15, 0.2) is 0 Å². The van der Waals surface area contributed by atoms with Gasteiger partial charge in [-0.15, -0.1) is 0 Å². The number of hydrogen-bond acceptors (Lipinski definition) is 2. The summed E-state index contributed by atoms with van der Waals surface area (Å²) in [5, 5.41) is 21.6. The van der Waals surface area contributed by atoms with E-state index in [1.54, 1.807) is 0 Å². The van der Waals surface area contributed by atoms with Crippen molar-refractivity contribution in [1.82, 2.24) is 0 Å². The molecule has 0 amide bonds. The van der Waals surface area contributed by atoms with Gasteiger partial charge in [0.05, 0.1) is 6.10 Å². The van der Waals surface area contributed by atoms with Crippen molar-refractivity contribution in [3.63, 3.8) is 0 Å². The molecule has 2 N–H and O–H groups in total. The Balaban J connectivity index is 1.78. The molecule has 4 aliphatic rings. The average molecular weight is 321 g/mol. The van der Waals surface area contributed by atoms with Gasteiger partial charge in [0.25, 0.3) is 0 Å². The molecule has 132 valence electrons. The second kappa shape index (κ2) is 4.36. The first kappa shape index (κ1) is 16.4. The third-order valence-corrected chi connectivity index (χ3v) is 10.6. The number of aliphatic hydroxyl groups excluding tert-OH is 2. The maximum Gasteiger partial charge on any atom is 0.0632 e. The lowest BCUT2D eigenvalue weighted by molar-refractivity contribution is -0.0575. The first-order chi connectivity index (χ1) is 10.5. The minimum atomic E-state index is -0.186. The van der Waals surface area contributed by atoms with Gasteiger partial charge in [-0.25, -0.2) is 0 Å². The highest BCUT2D eigenvalue weighted by Crippen LogP contribution is 2.77. The van der Waals surface area contributed by atoms with Crippen molar-refractivity contribution >= 4 is 0 Å². The Morgan fingerprint density at radius 2 is 1.26 bits per heavy atom. The third kappa shape index (κ3) is 1.51. The quantitative estimate of drug-likeness (QED) is 0.804. The molecule has 0 unspecified atom stereocenters. The van der Waals surface area contributed by atoms with E-state index >= 15 is 0 Å². The van der Waals surface area contributed by atoms with Crippen LogP contribution in [-0.4, -0.2) is 22.9 Å². The summed E-state index contributed by atoms with van der Waals surface area (Å²) in [6.07, 6.45) is 4.79. The summed E-state index contributed by atoms with van der Waals surface area (Å²) in [6, 6.07) is 0. The topological polar surface area (TPSA) is 40.5 Å². The van der Waals surface area contributed by atoms with Gasteiger partial charge >= 0.3 is 0 Å². The SMILES string of the molecule is CC1(C)[C@@H]2CC[C@@]1(C)[C@H](CO)[C@@H]2[C@@H]1[C@H]2CC[C@@](C)([C@H]1O)C2(C)C. The second-order valence-corrected chi connectivity index (χ2v) is 11.0. The van der Waals surface area contributed by atoms with Crippen molar-refractivity contribution in [3.05, 3.63) is 0 Å². The van der Waals surface area contributed by atoms with E-state index in [4.69, 9.17) is 0 Å². The van der Waals surface area contributed by atoms with Crippen molar-refractivity contribution in [1.29, 1.82) is 0 Å². The summed E-state index contributed by atoms with van der Waals surface area (Å²) in [7, 11) is 0. The standard InChI is InChI=1S/C21H36O2/c1-18(2)12-7-9-20(18,5)14(11-22)15(12)16-13-8-10-21(6,17(16)23)19(13,3)4/h12-17,22-23H,7-11H2,1-6H3/t12-,13-,14-,15-,16+,17+,20+,21+/m1/s1. The zero-order valence-corrected chi connectivity index (χ0v) is 15.9. The smallest absolute Gasteiger partial charge is 0.0632 e. The number of fused-ring (bicyclic) bond motifs is 4. The van der Waals surface area contributed by atoms with Gasteiger partial charge in [-0.05, 0) is 76.9 Å². The molecule has 4 aliphatic carbocycles. The summed E-state index contributed by atoms with van der Waals surface area (Å²) < 4.78 is 0. The fourth-order valence-corrected chi connectivity index (χ4v) is 8.35. The van der Waals surface area contributed by atoms with Crippen LogP contribution < -0.4 is 0 Å². The number of hydrogen-bond donors (Lipinski definition) is 2. The second-order valence-electron chi connectivity index (χ2n) is 11.0. The van der Waals surface area contributed by atoms with Gasteiger partial charge in [0, 0.05) is 6.61 Å². The maximum absolute atomic E-state index is 11.3. The Morgan fingerprint density at radius 1 is 0.783 bits per heavy atom. The van der Waals surface area contributed by atoms with E-state index in [-0.39, 0.29) is 27.8 Å². The Labute approximate surface area is 142 Å². The van der Waals surface area contributed by atoms with Gasteiger partial charge in [0.2, 0.25) is 0 Å². The molecule has 0 aromatic heterocycles. The Hall–Kier alpha value is -0.0800. The number of aliphatic hydroxyl groups is 2. The fourth-order valence-electron chi connectivity index (χ4n) is 8.35. The van der Waals surface area contributed by atoms with Gasteiger partial charge in [0.1, 0.15) is 0 Å². The van der Waals surface area contributed by atoms with Crippen molar-refractivity contribution in [2.75, 3.05) is 6.61 Å². The molecule has 0 heterocycles. The van der Waals surface area contributed by atoms with Crippen LogP contribution in [0.2, 0.25) is 0 Å². The van der Waals surface area contributed by atoms with Crippen LogP contribution in [0.25, 0.3) is 0 Å². The van der Waals surface area contributed by atoms with Crippen LogP contribution in [0.5, 0.6) is 0 Å². The lowest BCUT2D eigenvalue weighted by atomic mass is 9.62. The van der Waals surface area contributed by atoms with Crippen LogP contribution in [0, 0.1) is 51.2 Å². The maximum atomic E-state index is 11.3. The molecule has 2 heteroatoms. The molecule has 8 atom stereocenters. The molecule has 23 heavy (non-hydrogen) atoms. The van der Waals surface area contributed by atoms with Crippen LogP contribution in [0.4, 0.5) is 0 Å². The molecular weight excluding hydrogens is 284 g/mol. The van der Waals surface area contributed by atoms with Crippen LogP contribution in [0.1, 0.15) is 67.2 Å². The van der Waals surface area contributed by atoms with E-state index < -0.39 is 0 Å². The van der Waals surface area contributed by atoms with Crippen molar-refractivity contribution < 1.29 is 10.2 Å². The van der Waals surface area contributed by atoms with E-state index in [1.165, 1.54) is 25.7 Å². The molecule has 0 spiro atoms. The lowest BCUT2D eigenvalue weighted by Crippen LogP contribution is -2.44. The van der Waals surface area contributed by atoms with E-state index in [2.05, 4.69) is 41.5 Å². The number of rotatable bonds is 2. The first-order valence-corrected chi connectivity index (χ1v) is 9.83. The molecule has 4 saturated carbocycles. The van der Waals surface area contributed by atoms with E-state index in [1.807, 2.05) is 0 Å². The van der Waals surface area contributed by atoms with Crippen molar-refractivity contribution in [2.24, 2.45) is 51.2 Å². The zero-order valence-electron chi connectivity index (χ0n) is 15.9. The molecule has 2 nitrogen and oxygen atoms in total. The summed E-state index contributed by atoms with van der Waals surface area (Å²) in [5.41, 5.74) is 0.820. The highest BCUT2D eigenvalue weighted by Gasteiger charge is 2.73. The molecular formula is C21H36O2. The first-order valence-electron chi connectivity index (χ1n) is 9.83. The minimum Gasteiger partial charge on any atom is -0.396 e. The van der Waals surface area contributed by atoms with Crippen molar-refractivity contribution in [3.8, 4) is 0 Å². The highest BCUT2D eigenvalue weighted by atomic mass is 16.3. The monoisotopic (exact) mass is 320 g/mol. The molecule has 0 aromatic rings. The highest BCUT2D eigenvalue weighted by molar-refractivity contribution is 5.22. The Morgan fingerprint density at radius 3 is 1.74 bits per heavy atom. The summed E-state index contributed by atoms with van der Waals surface area (Å²) in [6.45, 7) is 14.7. The molecule has 4 bridgehead atoms.